The Morgan fingerprint density at radius 1 is 1.23 bits per heavy atom. The van der Waals surface area contributed by atoms with Crippen molar-refractivity contribution in [3.63, 3.8) is 0 Å². The maximum absolute atomic E-state index is 13.9. The summed E-state index contributed by atoms with van der Waals surface area (Å²) in [6.07, 6.45) is -3.53. The molecule has 44 heavy (non-hydrogen) atoms. The minimum atomic E-state index is -4.83. The molecule has 2 aliphatic carbocycles. The summed E-state index contributed by atoms with van der Waals surface area (Å²) < 4.78 is 41.8. The second-order valence-electron chi connectivity index (χ2n) is 12.3. The number of fused-ring (bicyclic) bond motifs is 5. The standard InChI is InChI=1S/C29H28F3N7O4S/c1-14-8-18(26(42)39-21(14)23(40)37-28(39)6-4-27(43,5-7-28)29(30,31)32)36-22-20-17-3-2-16(25(41)38-11-15(10-33)12-38)9-19(17)44-24(20)35-13-34-22/h8,13,15-16,43H,2-7,9,11-12H2,1H3,(H,37,40)(H,34,35,36)/t16-,27?,28?/m0/s1. The Bertz CT molecular complexity index is 1830. The van der Waals surface area contributed by atoms with Crippen molar-refractivity contribution >= 4 is 44.9 Å². The molecule has 230 valence electrons. The maximum atomic E-state index is 13.9. The summed E-state index contributed by atoms with van der Waals surface area (Å²) in [7, 11) is 0. The number of nitrogens with one attached hydrogen (secondary N) is 2. The fraction of sp³-hybridized carbons (Fsp3) is 0.517. The van der Waals surface area contributed by atoms with Gasteiger partial charge >= 0.3 is 6.18 Å². The number of aryl methyl sites for hydroxylation is 2. The van der Waals surface area contributed by atoms with E-state index in [9.17, 15) is 32.7 Å². The van der Waals surface area contributed by atoms with E-state index < -0.39 is 41.7 Å². The highest BCUT2D eigenvalue weighted by molar-refractivity contribution is 7.19. The quantitative estimate of drug-likeness (QED) is 0.400. The molecule has 2 aliphatic heterocycles. The molecule has 0 bridgehead atoms. The summed E-state index contributed by atoms with van der Waals surface area (Å²) in [5.74, 6) is -0.404. The number of halogens is 3. The number of rotatable bonds is 3. The van der Waals surface area contributed by atoms with Gasteiger partial charge in [0.1, 0.15) is 34.0 Å². The molecule has 7 rings (SSSR count). The van der Waals surface area contributed by atoms with Crippen LogP contribution in [0.5, 0.6) is 0 Å². The largest absolute Gasteiger partial charge is 0.417 e. The second-order valence-corrected chi connectivity index (χ2v) is 13.4. The molecule has 0 aromatic carbocycles. The first-order valence-corrected chi connectivity index (χ1v) is 15.3. The third-order valence-corrected chi connectivity index (χ3v) is 10.8. The number of hydrogen-bond acceptors (Lipinski definition) is 9. The van der Waals surface area contributed by atoms with Crippen molar-refractivity contribution in [1.82, 2.24) is 24.8 Å². The average Bonchev–Trinajstić information content (AvgIpc) is 3.47. The summed E-state index contributed by atoms with van der Waals surface area (Å²) in [6.45, 7) is 2.58. The van der Waals surface area contributed by atoms with Crippen LogP contribution in [0.15, 0.2) is 17.2 Å². The van der Waals surface area contributed by atoms with Gasteiger partial charge in [-0.2, -0.15) is 18.4 Å². The van der Waals surface area contributed by atoms with Gasteiger partial charge in [-0.15, -0.1) is 11.3 Å². The number of nitriles is 1. The van der Waals surface area contributed by atoms with Crippen molar-refractivity contribution in [2.75, 3.05) is 18.4 Å². The lowest BCUT2D eigenvalue weighted by Crippen LogP contribution is -2.57. The van der Waals surface area contributed by atoms with Gasteiger partial charge in [0.15, 0.2) is 5.60 Å². The first-order chi connectivity index (χ1) is 20.8. The molecule has 1 saturated heterocycles. The van der Waals surface area contributed by atoms with Crippen LogP contribution >= 0.6 is 11.3 Å². The molecule has 3 aromatic heterocycles. The SMILES string of the molecule is Cc1cc(Nc2ncnc3sc4c(c23)CC[C@H](C(=O)N2CC(C#N)C2)C4)c(=O)n2c1C(=O)NC21CCC(O)(C(F)(F)F)CC1. The molecule has 2 fully saturated rings. The lowest BCUT2D eigenvalue weighted by Gasteiger charge is -2.43. The minimum Gasteiger partial charge on any atom is -0.380 e. The lowest BCUT2D eigenvalue weighted by atomic mass is 9.78. The van der Waals surface area contributed by atoms with Gasteiger partial charge in [0.2, 0.25) is 5.91 Å². The van der Waals surface area contributed by atoms with E-state index in [0.717, 1.165) is 15.8 Å². The van der Waals surface area contributed by atoms with Gasteiger partial charge in [-0.1, -0.05) is 0 Å². The Hall–Kier alpha value is -4.03. The van der Waals surface area contributed by atoms with E-state index in [1.165, 1.54) is 28.3 Å². The number of carbonyl (C=O) groups is 2. The van der Waals surface area contributed by atoms with Crippen LogP contribution in [0, 0.1) is 30.1 Å². The van der Waals surface area contributed by atoms with Gasteiger partial charge in [0.25, 0.3) is 11.5 Å². The molecule has 11 nitrogen and oxygen atoms in total. The van der Waals surface area contributed by atoms with E-state index in [1.807, 2.05) is 0 Å². The zero-order valence-corrected chi connectivity index (χ0v) is 24.4. The maximum Gasteiger partial charge on any atom is 0.417 e. The van der Waals surface area contributed by atoms with E-state index in [0.29, 0.717) is 48.6 Å². The Morgan fingerprint density at radius 3 is 2.64 bits per heavy atom. The van der Waals surface area contributed by atoms with Crippen LogP contribution in [0.2, 0.25) is 0 Å². The highest BCUT2D eigenvalue weighted by Crippen LogP contribution is 2.48. The van der Waals surface area contributed by atoms with Crippen molar-refractivity contribution in [1.29, 1.82) is 5.26 Å². The number of carbonyl (C=O) groups excluding carboxylic acids is 2. The summed E-state index contributed by atoms with van der Waals surface area (Å²) in [4.78, 5) is 52.2. The second kappa shape index (κ2) is 9.73. The molecule has 5 heterocycles. The van der Waals surface area contributed by atoms with E-state index in [4.69, 9.17) is 5.26 Å². The van der Waals surface area contributed by atoms with E-state index >= 15 is 0 Å². The van der Waals surface area contributed by atoms with Crippen LogP contribution in [-0.4, -0.2) is 61.2 Å². The third kappa shape index (κ3) is 4.21. The molecule has 15 heteroatoms. The molecule has 3 aromatic rings. The smallest absolute Gasteiger partial charge is 0.380 e. The minimum absolute atomic E-state index is 0.0548. The number of alkyl halides is 3. The number of aliphatic hydroxyl groups is 1. The highest BCUT2D eigenvalue weighted by atomic mass is 32.1. The summed E-state index contributed by atoms with van der Waals surface area (Å²) in [5.41, 5.74) is -3.22. The fourth-order valence-corrected chi connectivity index (χ4v) is 8.37. The monoisotopic (exact) mass is 627 g/mol. The molecular formula is C29H28F3N7O4S. The molecule has 1 saturated carbocycles. The first kappa shape index (κ1) is 28.7. The van der Waals surface area contributed by atoms with Gasteiger partial charge < -0.3 is 20.6 Å². The van der Waals surface area contributed by atoms with E-state index in [1.54, 1.807) is 11.8 Å². The molecule has 2 amide bonds. The van der Waals surface area contributed by atoms with Crippen molar-refractivity contribution in [2.45, 2.75) is 69.3 Å². The fourth-order valence-electron chi connectivity index (χ4n) is 7.10. The zero-order chi connectivity index (χ0) is 31.2. The summed E-state index contributed by atoms with van der Waals surface area (Å²) in [5, 5.41) is 25.9. The van der Waals surface area contributed by atoms with Crippen molar-refractivity contribution in [3.05, 3.63) is 44.4 Å². The lowest BCUT2D eigenvalue weighted by molar-refractivity contribution is -0.275. The number of pyridine rings is 1. The number of hydrogen-bond donors (Lipinski definition) is 3. The molecule has 0 unspecified atom stereocenters. The van der Waals surface area contributed by atoms with Crippen LogP contribution < -0.4 is 16.2 Å². The Balaban J connectivity index is 1.20. The third-order valence-electron chi connectivity index (χ3n) is 9.64. The van der Waals surface area contributed by atoms with Gasteiger partial charge in [0.05, 0.1) is 17.4 Å². The van der Waals surface area contributed by atoms with Crippen molar-refractivity contribution < 1.29 is 27.9 Å². The van der Waals surface area contributed by atoms with Crippen molar-refractivity contribution in [2.24, 2.45) is 11.8 Å². The Kier molecular flexibility index (Phi) is 6.36. The van der Waals surface area contributed by atoms with Gasteiger partial charge in [0, 0.05) is 23.9 Å². The predicted octanol–water partition coefficient (Wildman–Crippen LogP) is 3.26. The van der Waals surface area contributed by atoms with Crippen LogP contribution in [0.4, 0.5) is 24.7 Å². The Labute approximate surface area is 252 Å². The van der Waals surface area contributed by atoms with Crippen molar-refractivity contribution in [3.8, 4) is 6.07 Å². The van der Waals surface area contributed by atoms with Gasteiger partial charge in [-0.3, -0.25) is 19.0 Å². The number of nitrogens with zero attached hydrogens (tertiary/aromatic N) is 5. The number of likely N-dealkylation sites (tertiary alicyclic amines) is 1. The highest BCUT2D eigenvalue weighted by Gasteiger charge is 2.59. The number of amides is 2. The molecule has 0 radical (unpaired) electrons. The molecular weight excluding hydrogens is 599 g/mol. The van der Waals surface area contributed by atoms with Gasteiger partial charge in [-0.05, 0) is 69.1 Å². The molecule has 3 N–H and O–H groups in total. The number of anilines is 2. The topological polar surface area (TPSA) is 153 Å². The predicted molar refractivity (Wildman–Crippen MR) is 152 cm³/mol. The summed E-state index contributed by atoms with van der Waals surface area (Å²) >= 11 is 1.47. The van der Waals surface area contributed by atoms with E-state index in [-0.39, 0.29) is 42.0 Å². The van der Waals surface area contributed by atoms with E-state index in [2.05, 4.69) is 26.7 Å². The van der Waals surface area contributed by atoms with Crippen LogP contribution in [0.3, 0.4) is 0 Å². The normalized spacial score (nSPS) is 26.6. The molecule has 1 spiro atoms. The van der Waals surface area contributed by atoms with Crippen LogP contribution in [0.25, 0.3) is 10.2 Å². The zero-order valence-electron chi connectivity index (χ0n) is 23.6. The van der Waals surface area contributed by atoms with Crippen LogP contribution in [-0.2, 0) is 23.3 Å². The number of thiophene rings is 1. The molecule has 1 atom stereocenters. The Morgan fingerprint density at radius 2 is 1.95 bits per heavy atom. The average molecular weight is 628 g/mol. The van der Waals surface area contributed by atoms with Crippen LogP contribution in [0.1, 0.15) is 58.6 Å². The molecule has 4 aliphatic rings. The first-order valence-electron chi connectivity index (χ1n) is 14.4. The number of aromatic nitrogens is 3. The van der Waals surface area contributed by atoms with Gasteiger partial charge in [-0.25, -0.2) is 9.97 Å². The summed E-state index contributed by atoms with van der Waals surface area (Å²) in [6, 6.07) is 3.72.